The van der Waals surface area contributed by atoms with E-state index in [4.69, 9.17) is 14.6 Å². The monoisotopic (exact) mass is 434 g/mol. The highest BCUT2D eigenvalue weighted by Crippen LogP contribution is 2.28. The number of hydrogen-bond donors (Lipinski definition) is 4. The van der Waals surface area contributed by atoms with Gasteiger partial charge in [-0.25, -0.2) is 14.6 Å². The highest BCUT2D eigenvalue weighted by Gasteiger charge is 2.43. The number of amides is 1. The summed E-state index contributed by atoms with van der Waals surface area (Å²) in [7, 11) is 0. The molecule has 2 aromatic rings. The molecule has 0 saturated carbocycles. The third kappa shape index (κ3) is 4.94. The van der Waals surface area contributed by atoms with Gasteiger partial charge in [0.25, 0.3) is 5.91 Å². The fraction of sp³-hybridized carbons (Fsp3) is 0.421. The van der Waals surface area contributed by atoms with E-state index in [0.29, 0.717) is 6.42 Å². The molecular formula is C19H22N4O8. The van der Waals surface area contributed by atoms with Crippen LogP contribution in [0.5, 0.6) is 0 Å². The molecule has 1 fully saturated rings. The van der Waals surface area contributed by atoms with Gasteiger partial charge in [-0.1, -0.05) is 6.92 Å². The van der Waals surface area contributed by atoms with Crippen LogP contribution in [0, 0.1) is 0 Å². The van der Waals surface area contributed by atoms with Crippen LogP contribution in [-0.4, -0.2) is 73.3 Å². The van der Waals surface area contributed by atoms with Gasteiger partial charge in [0.1, 0.15) is 29.8 Å². The molecule has 31 heavy (non-hydrogen) atoms. The lowest BCUT2D eigenvalue weighted by atomic mass is 10.1. The van der Waals surface area contributed by atoms with Crippen molar-refractivity contribution in [3.05, 3.63) is 52.3 Å². The van der Waals surface area contributed by atoms with Crippen LogP contribution in [0.2, 0.25) is 0 Å². The average Bonchev–Trinajstić information content (AvgIpc) is 3.06. The number of aliphatic hydroxyl groups excluding tert-OH is 3. The van der Waals surface area contributed by atoms with Gasteiger partial charge in [0.2, 0.25) is 0 Å². The van der Waals surface area contributed by atoms with Crippen molar-refractivity contribution in [3.8, 4) is 0 Å². The fourth-order valence-electron chi connectivity index (χ4n) is 2.93. The van der Waals surface area contributed by atoms with Crippen molar-refractivity contribution >= 4 is 17.7 Å². The zero-order valence-corrected chi connectivity index (χ0v) is 16.5. The second kappa shape index (κ2) is 9.75. The minimum Gasteiger partial charge on any atom is -0.461 e. The lowest BCUT2D eigenvalue weighted by molar-refractivity contribution is -0.0549. The topological polar surface area (TPSA) is 173 Å². The van der Waals surface area contributed by atoms with Crippen molar-refractivity contribution in [1.29, 1.82) is 0 Å². The summed E-state index contributed by atoms with van der Waals surface area (Å²) in [6.45, 7) is 1.54. The van der Waals surface area contributed by atoms with Crippen LogP contribution in [-0.2, 0) is 9.47 Å². The second-order valence-corrected chi connectivity index (χ2v) is 6.75. The summed E-state index contributed by atoms with van der Waals surface area (Å²) in [5.74, 6) is -1.37. The third-order valence-electron chi connectivity index (χ3n) is 4.53. The van der Waals surface area contributed by atoms with E-state index < -0.39 is 48.7 Å². The SMILES string of the molecule is CCCOC(=O)c1cc(C(=O)Nc2ccn(C3OC(CO)C(O)C3O)c(=O)n2)ccn1. The van der Waals surface area contributed by atoms with Gasteiger partial charge in [-0.15, -0.1) is 0 Å². The first-order valence-electron chi connectivity index (χ1n) is 9.51. The summed E-state index contributed by atoms with van der Waals surface area (Å²) >= 11 is 0. The molecule has 2 aromatic heterocycles. The molecule has 0 spiro atoms. The molecule has 4 N–H and O–H groups in total. The van der Waals surface area contributed by atoms with Crippen LogP contribution < -0.4 is 11.0 Å². The van der Waals surface area contributed by atoms with Gasteiger partial charge in [0, 0.05) is 18.0 Å². The molecule has 0 aliphatic carbocycles. The molecule has 166 valence electrons. The first kappa shape index (κ1) is 22.5. The van der Waals surface area contributed by atoms with E-state index in [0.717, 1.165) is 4.57 Å². The average molecular weight is 434 g/mol. The number of aromatic nitrogens is 3. The van der Waals surface area contributed by atoms with Crippen molar-refractivity contribution in [2.24, 2.45) is 0 Å². The molecule has 0 radical (unpaired) electrons. The Kier molecular flexibility index (Phi) is 7.07. The molecule has 4 unspecified atom stereocenters. The summed E-state index contributed by atoms with van der Waals surface area (Å²) in [6, 6.07) is 3.94. The number of carbonyl (C=O) groups excluding carboxylic acids is 2. The number of carbonyl (C=O) groups is 2. The van der Waals surface area contributed by atoms with E-state index in [1.165, 1.54) is 30.6 Å². The Morgan fingerprint density at radius 3 is 2.71 bits per heavy atom. The van der Waals surface area contributed by atoms with Crippen LogP contribution in [0.1, 0.15) is 40.4 Å². The van der Waals surface area contributed by atoms with E-state index in [1.54, 1.807) is 0 Å². The van der Waals surface area contributed by atoms with Gasteiger partial charge in [0.05, 0.1) is 13.2 Å². The van der Waals surface area contributed by atoms with Gasteiger partial charge < -0.3 is 30.1 Å². The largest absolute Gasteiger partial charge is 0.461 e. The number of rotatable bonds is 7. The number of pyridine rings is 1. The van der Waals surface area contributed by atoms with E-state index in [9.17, 15) is 24.6 Å². The number of ether oxygens (including phenoxy) is 2. The predicted molar refractivity (Wildman–Crippen MR) is 104 cm³/mol. The minimum absolute atomic E-state index is 0.0335. The first-order chi connectivity index (χ1) is 14.8. The maximum atomic E-state index is 12.5. The van der Waals surface area contributed by atoms with Gasteiger partial charge in [0.15, 0.2) is 6.23 Å². The molecule has 0 aromatic carbocycles. The minimum atomic E-state index is -1.44. The molecule has 1 aliphatic rings. The Morgan fingerprint density at radius 2 is 2.06 bits per heavy atom. The van der Waals surface area contributed by atoms with E-state index >= 15 is 0 Å². The fourth-order valence-corrected chi connectivity index (χ4v) is 2.93. The molecule has 3 rings (SSSR count). The zero-order chi connectivity index (χ0) is 22.5. The predicted octanol–water partition coefficient (Wildman–Crippen LogP) is -0.931. The van der Waals surface area contributed by atoms with Crippen LogP contribution in [0.3, 0.4) is 0 Å². The maximum Gasteiger partial charge on any atom is 0.356 e. The van der Waals surface area contributed by atoms with E-state index in [1.807, 2.05) is 6.92 Å². The number of nitrogens with one attached hydrogen (secondary N) is 1. The second-order valence-electron chi connectivity index (χ2n) is 6.75. The summed E-state index contributed by atoms with van der Waals surface area (Å²) < 4.78 is 11.2. The Balaban J connectivity index is 1.73. The van der Waals surface area contributed by atoms with Gasteiger partial charge >= 0.3 is 11.7 Å². The number of hydrogen-bond acceptors (Lipinski definition) is 10. The molecule has 1 aliphatic heterocycles. The first-order valence-corrected chi connectivity index (χ1v) is 9.51. The molecule has 0 bridgehead atoms. The molecule has 1 amide bonds. The van der Waals surface area contributed by atoms with Crippen molar-refractivity contribution < 1.29 is 34.4 Å². The Morgan fingerprint density at radius 1 is 1.29 bits per heavy atom. The lowest BCUT2D eigenvalue weighted by Gasteiger charge is -2.17. The normalized spacial score (nSPS) is 22.8. The number of nitrogens with zero attached hydrogens (tertiary/aromatic N) is 3. The van der Waals surface area contributed by atoms with Crippen LogP contribution in [0.15, 0.2) is 35.4 Å². The Labute approximate surface area is 176 Å². The maximum absolute atomic E-state index is 12.5. The Hall–Kier alpha value is -3.19. The quantitative estimate of drug-likeness (QED) is 0.399. The molecule has 1 saturated heterocycles. The summed E-state index contributed by atoms with van der Waals surface area (Å²) in [5, 5.41) is 31.4. The Bertz CT molecular complexity index is 1010. The highest BCUT2D eigenvalue weighted by molar-refractivity contribution is 6.04. The number of anilines is 1. The third-order valence-corrected chi connectivity index (χ3v) is 4.53. The highest BCUT2D eigenvalue weighted by atomic mass is 16.6. The van der Waals surface area contributed by atoms with Gasteiger partial charge in [-0.05, 0) is 24.6 Å². The summed E-state index contributed by atoms with van der Waals surface area (Å²) in [4.78, 5) is 44.3. The molecule has 12 nitrogen and oxygen atoms in total. The molecule has 4 atom stereocenters. The van der Waals surface area contributed by atoms with Gasteiger partial charge in [-0.2, -0.15) is 4.98 Å². The van der Waals surface area contributed by atoms with Crippen LogP contribution in [0.25, 0.3) is 0 Å². The van der Waals surface area contributed by atoms with E-state index in [-0.39, 0.29) is 23.7 Å². The van der Waals surface area contributed by atoms with Crippen LogP contribution in [0.4, 0.5) is 5.82 Å². The van der Waals surface area contributed by atoms with E-state index in [2.05, 4.69) is 15.3 Å². The smallest absolute Gasteiger partial charge is 0.356 e. The standard InChI is InChI=1S/C19H22N4O8/c1-2-7-30-18(28)11-8-10(3-5-20-11)16(27)21-13-4-6-23(19(29)22-13)17-15(26)14(25)12(9-24)31-17/h3-6,8,12,14-15,17,24-26H,2,7,9H2,1H3,(H,21,22,27,29). The van der Waals surface area contributed by atoms with Gasteiger partial charge in [-0.3, -0.25) is 9.36 Å². The molecule has 3 heterocycles. The van der Waals surface area contributed by atoms with Crippen molar-refractivity contribution in [2.45, 2.75) is 37.9 Å². The lowest BCUT2D eigenvalue weighted by Crippen LogP contribution is -2.36. The number of aliphatic hydroxyl groups is 3. The zero-order valence-electron chi connectivity index (χ0n) is 16.5. The summed E-state index contributed by atoms with van der Waals surface area (Å²) in [5.41, 5.74) is -0.784. The number of esters is 1. The summed E-state index contributed by atoms with van der Waals surface area (Å²) in [6.07, 6.45) is -1.95. The van der Waals surface area contributed by atoms with Crippen molar-refractivity contribution in [1.82, 2.24) is 14.5 Å². The van der Waals surface area contributed by atoms with Crippen molar-refractivity contribution in [2.75, 3.05) is 18.5 Å². The van der Waals surface area contributed by atoms with Crippen LogP contribution >= 0.6 is 0 Å². The van der Waals surface area contributed by atoms with Crippen molar-refractivity contribution in [3.63, 3.8) is 0 Å². The molecular weight excluding hydrogens is 412 g/mol. The molecule has 12 heteroatoms.